The van der Waals surface area contributed by atoms with E-state index in [0.29, 0.717) is 75.4 Å². The van der Waals surface area contributed by atoms with Crippen molar-refractivity contribution < 1.29 is 37.0 Å². The van der Waals surface area contributed by atoms with Gasteiger partial charge in [0.25, 0.3) is 0 Å². The Kier molecular flexibility index (Phi) is 13.2. The summed E-state index contributed by atoms with van der Waals surface area (Å²) < 4.78 is 59.2. The Balaban J connectivity index is 1.52. The minimum absolute atomic E-state index is 0.0295. The molecule has 1 aliphatic rings. The second-order valence-electron chi connectivity index (χ2n) is 12.7. The summed E-state index contributed by atoms with van der Waals surface area (Å²) in [6.45, 7) is 6.99. The minimum atomic E-state index is -4.44. The third kappa shape index (κ3) is 11.5. The number of benzene rings is 2. The largest absolute Gasteiger partial charge is 0.444 e. The zero-order chi connectivity index (χ0) is 34.6. The van der Waals surface area contributed by atoms with E-state index in [2.05, 4.69) is 22.5 Å². The highest BCUT2D eigenvalue weighted by atomic mass is 19.4. The molecule has 0 aliphatic carbocycles. The normalized spacial score (nSPS) is 16.7. The highest BCUT2D eigenvalue weighted by Crippen LogP contribution is 2.33. The van der Waals surface area contributed by atoms with Crippen molar-refractivity contribution in [2.24, 2.45) is 5.92 Å². The first kappa shape index (κ1) is 36.6. The van der Waals surface area contributed by atoms with E-state index < -0.39 is 18.3 Å². The van der Waals surface area contributed by atoms with E-state index in [1.807, 2.05) is 57.2 Å². The van der Waals surface area contributed by atoms with Crippen molar-refractivity contribution >= 4 is 34.7 Å². The third-order valence-electron chi connectivity index (χ3n) is 7.77. The van der Waals surface area contributed by atoms with Gasteiger partial charge in [0.15, 0.2) is 0 Å². The van der Waals surface area contributed by atoms with Gasteiger partial charge in [-0.3, -0.25) is 0 Å². The quantitative estimate of drug-likeness (QED) is 0.112. The molecule has 0 saturated carbocycles. The summed E-state index contributed by atoms with van der Waals surface area (Å²) >= 11 is 0. The average Bonchev–Trinajstić information content (AvgIpc) is 3.37. The van der Waals surface area contributed by atoms with Crippen LogP contribution in [-0.2, 0) is 25.5 Å². The second kappa shape index (κ2) is 17.3. The Labute approximate surface area is 280 Å². The summed E-state index contributed by atoms with van der Waals surface area (Å²) in [5, 5.41) is 7.40. The summed E-state index contributed by atoms with van der Waals surface area (Å²) in [4.78, 5) is 25.1. The maximum Gasteiger partial charge on any atom is 0.410 e. The molecule has 1 aliphatic heterocycles. The number of anilines is 2. The number of hydrogen-bond acceptors (Lipinski definition) is 7. The second-order valence-corrected chi connectivity index (χ2v) is 12.7. The molecular formula is C36H45F3N4O5. The van der Waals surface area contributed by atoms with Crippen molar-refractivity contribution in [2.45, 2.75) is 64.4 Å². The molecule has 1 saturated heterocycles. The molecule has 2 heterocycles. The van der Waals surface area contributed by atoms with Gasteiger partial charge >= 0.3 is 12.3 Å². The van der Waals surface area contributed by atoms with Crippen molar-refractivity contribution in [3.05, 3.63) is 60.3 Å². The number of para-hydroxylation sites is 1. The number of fused-ring (bicyclic) bond motifs is 1. The van der Waals surface area contributed by atoms with Crippen LogP contribution >= 0.6 is 0 Å². The Morgan fingerprint density at radius 2 is 1.77 bits per heavy atom. The standard InChI is InChI=1S/C36H45F3N4O5/c1-35(2,3)48-34(45)42-18-15-31(27(25-42)16-21-47-23-22-46-20-9-19-44)41-32-13-7-14-33-30(32)24-29(43(33)26-36(37,38)39)12-8-17-40-28-10-5-4-6-11-28/h4-7,10-11,13-14,19,24,27,31,40-41H,9,15-18,20-23,25-26H2,1-3H3. The average molecular weight is 671 g/mol. The number of piperidine rings is 1. The fraction of sp³-hybridized carbons (Fsp3) is 0.500. The summed E-state index contributed by atoms with van der Waals surface area (Å²) in [6, 6.07) is 16.4. The molecule has 2 unspecified atom stereocenters. The fourth-order valence-electron chi connectivity index (χ4n) is 5.60. The summed E-state index contributed by atoms with van der Waals surface area (Å²) in [6.07, 6.45) is -2.45. The number of rotatable bonds is 14. The van der Waals surface area contributed by atoms with Crippen molar-refractivity contribution in [3.8, 4) is 11.8 Å². The van der Waals surface area contributed by atoms with Gasteiger partial charge in [0.05, 0.1) is 37.6 Å². The minimum Gasteiger partial charge on any atom is -0.444 e. The van der Waals surface area contributed by atoms with Crippen LogP contribution in [0.15, 0.2) is 54.6 Å². The molecule has 260 valence electrons. The number of aldehydes is 1. The van der Waals surface area contributed by atoms with Crippen LogP contribution in [-0.4, -0.2) is 85.7 Å². The number of nitrogens with zero attached hydrogens (tertiary/aromatic N) is 2. The highest BCUT2D eigenvalue weighted by molar-refractivity contribution is 5.94. The number of hydrogen-bond donors (Lipinski definition) is 2. The molecule has 2 N–H and O–H groups in total. The maximum atomic E-state index is 13.7. The molecule has 1 amide bonds. The zero-order valence-corrected chi connectivity index (χ0v) is 27.8. The number of halogens is 3. The number of carbonyl (C=O) groups is 2. The van der Waals surface area contributed by atoms with Gasteiger partial charge in [-0.15, -0.1) is 0 Å². The van der Waals surface area contributed by atoms with Gasteiger partial charge in [0, 0.05) is 48.9 Å². The Bertz CT molecular complexity index is 1540. The molecule has 0 bridgehead atoms. The molecule has 12 heteroatoms. The van der Waals surface area contributed by atoms with Gasteiger partial charge in [-0.1, -0.05) is 30.2 Å². The smallest absolute Gasteiger partial charge is 0.410 e. The lowest BCUT2D eigenvalue weighted by molar-refractivity contribution is -0.140. The Morgan fingerprint density at radius 1 is 1.02 bits per heavy atom. The number of alkyl halides is 3. The van der Waals surface area contributed by atoms with Crippen LogP contribution in [0.25, 0.3) is 10.9 Å². The monoisotopic (exact) mass is 670 g/mol. The van der Waals surface area contributed by atoms with Crippen LogP contribution in [0, 0.1) is 17.8 Å². The van der Waals surface area contributed by atoms with Crippen LogP contribution in [0.3, 0.4) is 0 Å². The summed E-state index contributed by atoms with van der Waals surface area (Å²) in [5.41, 5.74) is 1.63. The molecule has 9 nitrogen and oxygen atoms in total. The molecule has 1 aromatic heterocycles. The molecule has 2 aromatic carbocycles. The van der Waals surface area contributed by atoms with E-state index in [1.165, 1.54) is 4.57 Å². The molecule has 1 fully saturated rings. The van der Waals surface area contributed by atoms with E-state index in [4.69, 9.17) is 14.2 Å². The summed E-state index contributed by atoms with van der Waals surface area (Å²) in [5.74, 6) is 5.89. The SMILES string of the molecule is CC(C)(C)OC(=O)N1CCC(Nc2cccc3c2cc(C#CCNc2ccccc2)n3CC(F)(F)F)C(CCOCCOCCC=O)C1. The lowest BCUT2D eigenvalue weighted by atomic mass is 9.89. The molecule has 48 heavy (non-hydrogen) atoms. The van der Waals surface area contributed by atoms with Crippen LogP contribution in [0.1, 0.15) is 45.7 Å². The molecule has 3 aromatic rings. The number of ether oxygens (including phenoxy) is 3. The first-order chi connectivity index (χ1) is 22.9. The molecular weight excluding hydrogens is 625 g/mol. The van der Waals surface area contributed by atoms with E-state index in [-0.39, 0.29) is 30.3 Å². The fourth-order valence-corrected chi connectivity index (χ4v) is 5.60. The Hall–Kier alpha value is -4.21. The number of aromatic nitrogens is 1. The van der Waals surface area contributed by atoms with Gasteiger partial charge < -0.3 is 39.1 Å². The zero-order valence-electron chi connectivity index (χ0n) is 27.8. The van der Waals surface area contributed by atoms with E-state index in [0.717, 1.165) is 12.0 Å². The van der Waals surface area contributed by atoms with Gasteiger partial charge in [0.2, 0.25) is 0 Å². The number of likely N-dealkylation sites (tertiary alicyclic amines) is 1. The van der Waals surface area contributed by atoms with Crippen molar-refractivity contribution in [1.29, 1.82) is 0 Å². The van der Waals surface area contributed by atoms with E-state index in [1.54, 1.807) is 23.1 Å². The first-order valence-electron chi connectivity index (χ1n) is 16.2. The number of carbonyl (C=O) groups excluding carboxylic acids is 2. The summed E-state index contributed by atoms with van der Waals surface area (Å²) in [7, 11) is 0. The van der Waals surface area contributed by atoms with Crippen LogP contribution in [0.4, 0.5) is 29.3 Å². The Morgan fingerprint density at radius 3 is 2.48 bits per heavy atom. The van der Waals surface area contributed by atoms with E-state index in [9.17, 15) is 22.8 Å². The number of nitrogens with one attached hydrogen (secondary N) is 2. The van der Waals surface area contributed by atoms with Gasteiger partial charge in [0.1, 0.15) is 18.4 Å². The number of amides is 1. The van der Waals surface area contributed by atoms with Gasteiger partial charge in [-0.25, -0.2) is 4.79 Å². The first-order valence-corrected chi connectivity index (χ1v) is 16.2. The van der Waals surface area contributed by atoms with Crippen LogP contribution < -0.4 is 10.6 Å². The van der Waals surface area contributed by atoms with E-state index >= 15 is 0 Å². The van der Waals surface area contributed by atoms with Crippen molar-refractivity contribution in [1.82, 2.24) is 9.47 Å². The van der Waals surface area contributed by atoms with Crippen LogP contribution in [0.2, 0.25) is 0 Å². The van der Waals surface area contributed by atoms with Crippen molar-refractivity contribution in [2.75, 3.05) is 56.7 Å². The maximum absolute atomic E-state index is 13.7. The van der Waals surface area contributed by atoms with Gasteiger partial charge in [-0.05, 0) is 75.8 Å². The predicted octanol–water partition coefficient (Wildman–Crippen LogP) is 6.72. The van der Waals surface area contributed by atoms with Crippen molar-refractivity contribution in [3.63, 3.8) is 0 Å². The predicted molar refractivity (Wildman–Crippen MR) is 180 cm³/mol. The molecule has 0 spiro atoms. The lowest BCUT2D eigenvalue weighted by Crippen LogP contribution is -2.50. The molecule has 0 radical (unpaired) electrons. The van der Waals surface area contributed by atoms with Gasteiger partial charge in [-0.2, -0.15) is 13.2 Å². The third-order valence-corrected chi connectivity index (χ3v) is 7.77. The van der Waals surface area contributed by atoms with Crippen LogP contribution in [0.5, 0.6) is 0 Å². The topological polar surface area (TPSA) is 94.1 Å². The lowest BCUT2D eigenvalue weighted by Gasteiger charge is -2.40. The molecule has 4 rings (SSSR count). The highest BCUT2D eigenvalue weighted by Gasteiger charge is 2.34. The molecule has 2 atom stereocenters.